The van der Waals surface area contributed by atoms with Gasteiger partial charge in [-0.3, -0.25) is 14.4 Å². The van der Waals surface area contributed by atoms with Gasteiger partial charge in [0.05, 0.1) is 30.3 Å². The summed E-state index contributed by atoms with van der Waals surface area (Å²) >= 11 is 0. The topological polar surface area (TPSA) is 115 Å². The molecule has 41 heavy (non-hydrogen) atoms. The van der Waals surface area contributed by atoms with Crippen LogP contribution in [0.1, 0.15) is 45.0 Å². The summed E-state index contributed by atoms with van der Waals surface area (Å²) in [4.78, 5) is 39.1. The van der Waals surface area contributed by atoms with Crippen LogP contribution in [-0.2, 0) is 11.8 Å². The molecule has 1 saturated heterocycles. The molecule has 11 nitrogen and oxygen atoms in total. The quantitative estimate of drug-likeness (QED) is 0.378. The van der Waals surface area contributed by atoms with Gasteiger partial charge in [-0.15, -0.1) is 0 Å². The normalized spacial score (nSPS) is 17.7. The number of piperazine rings is 1. The SMILES string of the molecule is COc1ncc2c(N3C[C@@H](C)N(C(=O)OC(C)(C)C)[C@@H](C)C3)ccc(C(=O)Nc3cc(F)c4nn(C)cc4c3)c2n1. The van der Waals surface area contributed by atoms with Crippen molar-refractivity contribution < 1.29 is 23.5 Å². The summed E-state index contributed by atoms with van der Waals surface area (Å²) in [6.45, 7) is 10.6. The maximum atomic E-state index is 14.6. The highest BCUT2D eigenvalue weighted by Crippen LogP contribution is 2.33. The van der Waals surface area contributed by atoms with Gasteiger partial charge < -0.3 is 19.7 Å². The second-order valence-electron chi connectivity index (χ2n) is 11.4. The Kier molecular flexibility index (Phi) is 7.18. The Balaban J connectivity index is 1.46. The van der Waals surface area contributed by atoms with E-state index in [0.717, 1.165) is 5.69 Å². The third-order valence-electron chi connectivity index (χ3n) is 6.93. The summed E-state index contributed by atoms with van der Waals surface area (Å²) in [5.41, 5.74) is 1.44. The minimum absolute atomic E-state index is 0.114. The van der Waals surface area contributed by atoms with Crippen molar-refractivity contribution in [1.82, 2.24) is 24.6 Å². The first-order valence-corrected chi connectivity index (χ1v) is 13.4. The first-order chi connectivity index (χ1) is 19.3. The van der Waals surface area contributed by atoms with Gasteiger partial charge in [-0.05, 0) is 58.9 Å². The summed E-state index contributed by atoms with van der Waals surface area (Å²) < 4.78 is 27.1. The van der Waals surface area contributed by atoms with Gasteiger partial charge in [0.25, 0.3) is 5.91 Å². The molecule has 0 saturated carbocycles. The molecule has 0 spiro atoms. The third kappa shape index (κ3) is 5.59. The van der Waals surface area contributed by atoms with E-state index in [9.17, 15) is 14.0 Å². The van der Waals surface area contributed by atoms with Crippen molar-refractivity contribution in [3.63, 3.8) is 0 Å². The number of anilines is 2. The summed E-state index contributed by atoms with van der Waals surface area (Å²) in [5, 5.41) is 8.12. The van der Waals surface area contributed by atoms with Crippen molar-refractivity contribution in [3.05, 3.63) is 48.0 Å². The highest BCUT2D eigenvalue weighted by Gasteiger charge is 2.36. The summed E-state index contributed by atoms with van der Waals surface area (Å²) in [6, 6.07) is 6.29. The second-order valence-corrected chi connectivity index (χ2v) is 11.4. The predicted octanol–water partition coefficient (Wildman–Crippen LogP) is 4.75. The van der Waals surface area contributed by atoms with Crippen LogP contribution in [-0.4, -0.2) is 74.5 Å². The van der Waals surface area contributed by atoms with Crippen LogP contribution in [0.3, 0.4) is 0 Å². The van der Waals surface area contributed by atoms with E-state index in [1.165, 1.54) is 17.9 Å². The minimum atomic E-state index is -0.591. The minimum Gasteiger partial charge on any atom is -0.467 e. The van der Waals surface area contributed by atoms with Gasteiger partial charge in [0.1, 0.15) is 11.1 Å². The standard InChI is InChI=1S/C29H34FN7O4/c1-16-13-36(14-17(2)37(16)28(39)41-29(3,4)5)23-9-8-20(25-21(23)12-31-27(33-25)40-7)26(38)32-19-10-18-15-35(6)34-24(18)22(30)11-19/h8-12,15-17H,13-14H2,1-7H3,(H,32,38)/t16-,17+. The molecule has 0 bridgehead atoms. The molecule has 0 radical (unpaired) electrons. The monoisotopic (exact) mass is 563 g/mol. The molecule has 1 aliphatic heterocycles. The number of nitrogens with one attached hydrogen (secondary N) is 1. The van der Waals surface area contributed by atoms with Gasteiger partial charge in [0.15, 0.2) is 5.82 Å². The number of benzene rings is 2. The van der Waals surface area contributed by atoms with Crippen molar-refractivity contribution in [1.29, 1.82) is 0 Å². The highest BCUT2D eigenvalue weighted by molar-refractivity contribution is 6.14. The van der Waals surface area contributed by atoms with Crippen LogP contribution in [0.2, 0.25) is 0 Å². The number of fused-ring (bicyclic) bond motifs is 2. The fourth-order valence-corrected chi connectivity index (χ4v) is 5.32. The second kappa shape index (κ2) is 10.5. The number of halogens is 1. The molecule has 1 aliphatic rings. The summed E-state index contributed by atoms with van der Waals surface area (Å²) in [5.74, 6) is -0.988. The molecule has 0 aliphatic carbocycles. The third-order valence-corrected chi connectivity index (χ3v) is 6.93. The number of nitrogens with zero attached hydrogens (tertiary/aromatic N) is 6. The van der Waals surface area contributed by atoms with E-state index < -0.39 is 17.3 Å². The average Bonchev–Trinajstić information content (AvgIpc) is 3.26. The Bertz CT molecular complexity index is 1640. The van der Waals surface area contributed by atoms with Gasteiger partial charge in [0.2, 0.25) is 0 Å². The number of hydrogen-bond donors (Lipinski definition) is 1. The van der Waals surface area contributed by atoms with Crippen molar-refractivity contribution in [2.45, 2.75) is 52.3 Å². The lowest BCUT2D eigenvalue weighted by atomic mass is 10.0. The van der Waals surface area contributed by atoms with Gasteiger partial charge in [-0.1, -0.05) is 0 Å². The molecule has 1 fully saturated rings. The predicted molar refractivity (Wildman–Crippen MR) is 154 cm³/mol. The van der Waals surface area contributed by atoms with Crippen LogP contribution in [0, 0.1) is 5.82 Å². The fourth-order valence-electron chi connectivity index (χ4n) is 5.32. The Morgan fingerprint density at radius 2 is 1.80 bits per heavy atom. The fraction of sp³-hybridized carbons (Fsp3) is 0.414. The molecule has 4 aromatic rings. The maximum Gasteiger partial charge on any atom is 0.410 e. The van der Waals surface area contributed by atoms with Gasteiger partial charge in [-0.2, -0.15) is 10.1 Å². The number of amides is 2. The Morgan fingerprint density at radius 3 is 2.46 bits per heavy atom. The number of carbonyl (C=O) groups is 2. The zero-order valence-corrected chi connectivity index (χ0v) is 24.2. The number of aryl methyl sites for hydroxylation is 1. The molecular formula is C29H34FN7O4. The number of carbonyl (C=O) groups excluding carboxylic acids is 2. The van der Waals surface area contributed by atoms with Crippen molar-refractivity contribution in [2.24, 2.45) is 7.05 Å². The Morgan fingerprint density at radius 1 is 1.10 bits per heavy atom. The Labute approximate surface area is 237 Å². The number of hydrogen-bond acceptors (Lipinski definition) is 8. The number of aromatic nitrogens is 4. The molecule has 2 amide bonds. The smallest absolute Gasteiger partial charge is 0.410 e. The molecule has 5 rings (SSSR count). The zero-order valence-electron chi connectivity index (χ0n) is 24.2. The van der Waals surface area contributed by atoms with Crippen molar-refractivity contribution >= 4 is 45.2 Å². The first-order valence-electron chi connectivity index (χ1n) is 13.4. The summed E-state index contributed by atoms with van der Waals surface area (Å²) in [6.07, 6.45) is 2.97. The molecule has 12 heteroatoms. The van der Waals surface area contributed by atoms with E-state index in [1.54, 1.807) is 36.5 Å². The van der Waals surface area contributed by atoms with E-state index in [0.29, 0.717) is 35.1 Å². The van der Waals surface area contributed by atoms with Gasteiger partial charge in [-0.25, -0.2) is 14.2 Å². The van der Waals surface area contributed by atoms with Gasteiger partial charge >= 0.3 is 12.1 Å². The number of methoxy groups -OCH3 is 1. The highest BCUT2D eigenvalue weighted by atomic mass is 19.1. The van der Waals surface area contributed by atoms with E-state index >= 15 is 0 Å². The van der Waals surface area contributed by atoms with Crippen LogP contribution in [0.25, 0.3) is 21.8 Å². The van der Waals surface area contributed by atoms with Crippen LogP contribution < -0.4 is 15.0 Å². The molecular weight excluding hydrogens is 529 g/mol. The van der Waals surface area contributed by atoms with Crippen LogP contribution >= 0.6 is 0 Å². The average molecular weight is 564 g/mol. The number of ether oxygens (including phenoxy) is 2. The van der Waals surface area contributed by atoms with Crippen LogP contribution in [0.4, 0.5) is 20.6 Å². The number of rotatable bonds is 4. The first kappa shape index (κ1) is 28.1. The van der Waals surface area contributed by atoms with E-state index in [1.807, 2.05) is 40.7 Å². The van der Waals surface area contributed by atoms with E-state index in [-0.39, 0.29) is 35.3 Å². The lowest BCUT2D eigenvalue weighted by Gasteiger charge is -2.45. The summed E-state index contributed by atoms with van der Waals surface area (Å²) in [7, 11) is 3.16. The molecule has 2 atom stereocenters. The van der Waals surface area contributed by atoms with Crippen LogP contribution in [0.15, 0.2) is 36.7 Å². The van der Waals surface area contributed by atoms with Crippen LogP contribution in [0.5, 0.6) is 6.01 Å². The molecule has 0 unspecified atom stereocenters. The lowest BCUT2D eigenvalue weighted by Crippen LogP contribution is -2.59. The molecule has 216 valence electrons. The lowest BCUT2D eigenvalue weighted by molar-refractivity contribution is 0.00566. The molecule has 2 aromatic carbocycles. The van der Waals surface area contributed by atoms with E-state index in [2.05, 4.69) is 25.3 Å². The largest absolute Gasteiger partial charge is 0.467 e. The Hall–Kier alpha value is -4.48. The zero-order chi connectivity index (χ0) is 29.6. The van der Waals surface area contributed by atoms with E-state index in [4.69, 9.17) is 9.47 Å². The maximum absolute atomic E-state index is 14.6. The van der Waals surface area contributed by atoms with Gasteiger partial charge in [0, 0.05) is 54.7 Å². The molecule has 1 N–H and O–H groups in total. The molecule has 3 heterocycles. The van der Waals surface area contributed by atoms with Crippen molar-refractivity contribution in [3.8, 4) is 6.01 Å². The molecule has 2 aromatic heterocycles. The van der Waals surface area contributed by atoms with Crippen molar-refractivity contribution in [2.75, 3.05) is 30.4 Å².